The maximum atomic E-state index is 14.8. The Kier molecular flexibility index (Phi) is 17.3. The van der Waals surface area contributed by atoms with Gasteiger partial charge in [0.25, 0.3) is 5.91 Å². The summed E-state index contributed by atoms with van der Waals surface area (Å²) < 4.78 is 33.2. The Balaban J connectivity index is 0.809. The van der Waals surface area contributed by atoms with Gasteiger partial charge in [0, 0.05) is 74.2 Å². The Hall–Kier alpha value is -6.71. The van der Waals surface area contributed by atoms with Crippen molar-refractivity contribution in [2.45, 2.75) is 146 Å². The maximum absolute atomic E-state index is 14.8. The van der Waals surface area contributed by atoms with Crippen LogP contribution in [0.25, 0.3) is 10.9 Å². The van der Waals surface area contributed by atoms with Crippen molar-refractivity contribution in [1.29, 1.82) is 0 Å². The number of anilines is 3. The number of pyridine rings is 1. The molecule has 2 saturated heterocycles. The molecule has 4 amide bonds. The Morgan fingerprint density at radius 3 is 2.37 bits per heavy atom. The molecular formula is C57H77N13O7S. The van der Waals surface area contributed by atoms with Gasteiger partial charge in [-0.3, -0.25) is 29.2 Å². The van der Waals surface area contributed by atoms with Crippen molar-refractivity contribution in [1.82, 2.24) is 56.2 Å². The summed E-state index contributed by atoms with van der Waals surface area (Å²) >= 11 is 0. The van der Waals surface area contributed by atoms with Gasteiger partial charge < -0.3 is 41.1 Å². The Labute approximate surface area is 458 Å². The number of likely N-dealkylation sites (N-methyl/N-ethyl adjacent to an activating group) is 1. The van der Waals surface area contributed by atoms with Crippen LogP contribution in [-0.4, -0.2) is 149 Å². The second-order valence-corrected chi connectivity index (χ2v) is 25.2. The van der Waals surface area contributed by atoms with Gasteiger partial charge in [0.2, 0.25) is 17.7 Å². The molecule has 9 rings (SSSR count). The first-order valence-corrected chi connectivity index (χ1v) is 29.2. The number of amides is 4. The quantitative estimate of drug-likeness (QED) is 0.0565. The standard InChI is InChI=1S/C57H77N13O7S/c1-35-36(2)66-67-51(35)65-52-43-30-48(78(75,76)57(4,5)6)47(31-45(43)60-34-61-52)77-28-14-23-68-24-26-69(27-25-68)49-22-21-40(32-59-49)54(72)62-41-29-46(55(73)63-44-20-13-18-38-15-11-12-19-42(38)44)70(33-41)56(74)50(39-16-9-8-10-17-39)64-53(71)37(3)58-7/h11-12,15,19,21-22,30-32,34,37,39,41,44,46,50,58H,8-10,13-14,16-18,20,23-29,33H2,1-7H3,(H,62,72)(H,63,73)(H,64,71)(H2,60,61,65,66,67)/t37-,41-,44+,46-,50-/m0/s1. The van der Waals surface area contributed by atoms with Crippen LogP contribution in [0.1, 0.15) is 124 Å². The number of rotatable bonds is 18. The number of carbonyl (C=O) groups excluding carboxylic acids is 4. The monoisotopic (exact) mass is 1090 g/mol. The summed E-state index contributed by atoms with van der Waals surface area (Å²) in [6, 6.07) is 12.2. The van der Waals surface area contributed by atoms with Gasteiger partial charge in [-0.25, -0.2) is 23.4 Å². The molecule has 21 heteroatoms. The molecule has 78 heavy (non-hydrogen) atoms. The van der Waals surface area contributed by atoms with Crippen LogP contribution in [-0.2, 0) is 30.6 Å². The van der Waals surface area contributed by atoms with Crippen LogP contribution in [0, 0.1) is 19.8 Å². The van der Waals surface area contributed by atoms with Crippen molar-refractivity contribution in [3.05, 3.63) is 89.0 Å². The fraction of sp³-hybridized carbons (Fsp3) is 0.544. The van der Waals surface area contributed by atoms with Crippen LogP contribution in [0.3, 0.4) is 0 Å². The Morgan fingerprint density at radius 2 is 1.67 bits per heavy atom. The first-order chi connectivity index (χ1) is 37.4. The van der Waals surface area contributed by atoms with Crippen molar-refractivity contribution in [3.63, 3.8) is 0 Å². The highest BCUT2D eigenvalue weighted by molar-refractivity contribution is 7.92. The van der Waals surface area contributed by atoms with Crippen molar-refractivity contribution >= 4 is 61.8 Å². The van der Waals surface area contributed by atoms with E-state index in [-0.39, 0.29) is 59.2 Å². The third kappa shape index (κ3) is 12.4. The van der Waals surface area contributed by atoms with Crippen molar-refractivity contribution < 1.29 is 32.3 Å². The number of likely N-dealkylation sites (tertiary alicyclic amines) is 1. The lowest BCUT2D eigenvalue weighted by Crippen LogP contribution is -2.58. The molecule has 0 unspecified atom stereocenters. The molecule has 4 aliphatic rings. The lowest BCUT2D eigenvalue weighted by molar-refractivity contribution is -0.143. The maximum Gasteiger partial charge on any atom is 0.253 e. The number of ether oxygens (including phenoxy) is 1. The number of nitrogens with one attached hydrogen (secondary N) is 6. The molecule has 1 saturated carbocycles. The molecule has 5 heterocycles. The highest BCUT2D eigenvalue weighted by Crippen LogP contribution is 2.38. The molecule has 5 atom stereocenters. The number of hydrogen-bond acceptors (Lipinski definition) is 15. The number of carbonyl (C=O) groups is 4. The average molecular weight is 1090 g/mol. The number of aromatic amines is 1. The number of aryl methyl sites for hydroxylation is 2. The molecule has 2 aliphatic heterocycles. The lowest BCUT2D eigenvalue weighted by atomic mass is 9.83. The fourth-order valence-electron chi connectivity index (χ4n) is 11.2. The summed E-state index contributed by atoms with van der Waals surface area (Å²) in [5.74, 6) is 0.779. The molecule has 2 aromatic carbocycles. The number of piperazine rings is 1. The van der Waals surface area contributed by atoms with Gasteiger partial charge in [-0.2, -0.15) is 5.10 Å². The van der Waals surface area contributed by atoms with E-state index in [1.807, 2.05) is 32.0 Å². The van der Waals surface area contributed by atoms with Crippen LogP contribution in [0.5, 0.6) is 5.75 Å². The summed E-state index contributed by atoms with van der Waals surface area (Å²) in [7, 11) is -2.14. The minimum Gasteiger partial charge on any atom is -0.492 e. The smallest absolute Gasteiger partial charge is 0.253 e. The normalized spacial score (nSPS) is 20.2. The largest absolute Gasteiger partial charge is 0.492 e. The third-order valence-corrected chi connectivity index (χ3v) is 18.8. The van der Waals surface area contributed by atoms with Gasteiger partial charge in [0.1, 0.15) is 40.7 Å². The van der Waals surface area contributed by atoms with Gasteiger partial charge in [0.15, 0.2) is 15.7 Å². The number of aromatic nitrogens is 5. The lowest BCUT2D eigenvalue weighted by Gasteiger charge is -2.35. The predicted molar refractivity (Wildman–Crippen MR) is 299 cm³/mol. The number of fused-ring (bicyclic) bond motifs is 2. The first kappa shape index (κ1) is 56.0. The molecule has 5 aromatic rings. The van der Waals surface area contributed by atoms with E-state index >= 15 is 0 Å². The zero-order chi connectivity index (χ0) is 55.3. The van der Waals surface area contributed by atoms with E-state index in [1.54, 1.807) is 64.0 Å². The van der Waals surface area contributed by atoms with E-state index < -0.39 is 38.8 Å². The molecule has 6 N–H and O–H groups in total. The van der Waals surface area contributed by atoms with Crippen LogP contribution < -0.4 is 36.2 Å². The highest BCUT2D eigenvalue weighted by Gasteiger charge is 2.45. The zero-order valence-corrected chi connectivity index (χ0v) is 47.0. The molecule has 20 nitrogen and oxygen atoms in total. The molecule has 2 aliphatic carbocycles. The molecule has 0 bridgehead atoms. The second kappa shape index (κ2) is 24.1. The van der Waals surface area contributed by atoms with E-state index in [2.05, 4.69) is 68.7 Å². The fourth-order valence-corrected chi connectivity index (χ4v) is 12.5. The van der Waals surface area contributed by atoms with Crippen LogP contribution in [0.2, 0.25) is 0 Å². The van der Waals surface area contributed by atoms with Crippen LogP contribution in [0.4, 0.5) is 17.5 Å². The number of H-pyrrole nitrogens is 1. The van der Waals surface area contributed by atoms with Gasteiger partial charge in [-0.15, -0.1) is 0 Å². The summed E-state index contributed by atoms with van der Waals surface area (Å²) in [5, 5.41) is 23.5. The molecule has 0 spiro atoms. The van der Waals surface area contributed by atoms with Crippen molar-refractivity contribution in [2.75, 3.05) is 63.1 Å². The second-order valence-electron chi connectivity index (χ2n) is 22.5. The van der Waals surface area contributed by atoms with Crippen molar-refractivity contribution in [3.8, 4) is 5.75 Å². The zero-order valence-electron chi connectivity index (χ0n) is 46.2. The number of hydrogen-bond donors (Lipinski definition) is 6. The number of benzene rings is 2. The Morgan fingerprint density at radius 1 is 0.897 bits per heavy atom. The minimum atomic E-state index is -3.84. The van der Waals surface area contributed by atoms with E-state index in [9.17, 15) is 27.6 Å². The van der Waals surface area contributed by atoms with Gasteiger partial charge in [-0.05, 0) is 129 Å². The van der Waals surface area contributed by atoms with Crippen LogP contribution >= 0.6 is 0 Å². The molecule has 3 aromatic heterocycles. The first-order valence-electron chi connectivity index (χ1n) is 27.8. The van der Waals surface area contributed by atoms with Crippen molar-refractivity contribution in [2.24, 2.45) is 5.92 Å². The van der Waals surface area contributed by atoms with Gasteiger partial charge in [0.05, 0.1) is 34.5 Å². The SMILES string of the molecule is CN[C@@H](C)C(=O)N[C@H](C(=O)N1C[C@@H](NC(=O)c2ccc(N3CCN(CCCOc4cc5ncnc(Nc6n[nH]c(C)c6C)c5cc4S(=O)(=O)C(C)(C)C)CC3)nc2)C[C@H]1C(=O)N[C@@H]1CCCc2ccccc21)C1CCCCC1. The number of nitrogens with zero attached hydrogens (tertiary/aromatic N) is 7. The predicted octanol–water partition coefficient (Wildman–Crippen LogP) is 5.84. The van der Waals surface area contributed by atoms with E-state index in [0.717, 1.165) is 93.6 Å². The van der Waals surface area contributed by atoms with Gasteiger partial charge in [-0.1, -0.05) is 43.5 Å². The van der Waals surface area contributed by atoms with E-state index in [1.165, 1.54) is 11.9 Å². The summed E-state index contributed by atoms with van der Waals surface area (Å²) in [5.41, 5.74) is 5.03. The summed E-state index contributed by atoms with van der Waals surface area (Å²) in [6.45, 7) is 14.7. The summed E-state index contributed by atoms with van der Waals surface area (Å²) in [4.78, 5) is 76.4. The summed E-state index contributed by atoms with van der Waals surface area (Å²) in [6.07, 6.45) is 11.2. The Bertz CT molecular complexity index is 3080. The van der Waals surface area contributed by atoms with E-state index in [0.29, 0.717) is 54.2 Å². The average Bonchev–Trinajstić information content (AvgIpc) is 4.07. The molecule has 418 valence electrons. The van der Waals surface area contributed by atoms with Crippen LogP contribution in [0.15, 0.2) is 66.0 Å². The number of sulfone groups is 1. The highest BCUT2D eigenvalue weighted by atomic mass is 32.2. The molecule has 0 radical (unpaired) electrons. The van der Waals surface area contributed by atoms with Gasteiger partial charge >= 0.3 is 0 Å². The van der Waals surface area contributed by atoms with E-state index in [4.69, 9.17) is 9.72 Å². The third-order valence-electron chi connectivity index (χ3n) is 16.3. The molecule has 3 fully saturated rings. The topological polar surface area (TPSA) is 249 Å². The molecular weight excluding hydrogens is 1010 g/mol. The minimum absolute atomic E-state index is 0.0638.